The summed E-state index contributed by atoms with van der Waals surface area (Å²) in [5, 5.41) is 1.68. The summed E-state index contributed by atoms with van der Waals surface area (Å²) in [6.07, 6.45) is 2.22. The van der Waals surface area contributed by atoms with Gasteiger partial charge in [-0.15, -0.1) is 0 Å². The second-order valence-corrected chi connectivity index (χ2v) is 3.48. The molecule has 0 aromatic heterocycles. The van der Waals surface area contributed by atoms with E-state index in [9.17, 15) is 4.79 Å². The van der Waals surface area contributed by atoms with E-state index in [0.29, 0.717) is 15.4 Å². The monoisotopic (exact) mass is 191 g/mol. The van der Waals surface area contributed by atoms with E-state index in [2.05, 4.69) is 0 Å². The molecule has 0 aliphatic carbocycles. The molecule has 1 unspecified atom stereocenters. The van der Waals surface area contributed by atoms with Crippen molar-refractivity contribution in [3.63, 3.8) is 0 Å². The van der Waals surface area contributed by atoms with Gasteiger partial charge >= 0.3 is 5.97 Å². The molecular weight excluding hydrogens is 177 g/mol. The first-order valence-electron chi connectivity index (χ1n) is 4.13. The van der Waals surface area contributed by atoms with Crippen LogP contribution in [0.2, 0.25) is 0 Å². The standard InChI is InChI=1S/C7H14NO3P/c1-2-10-7(9)6-8-4-3-5-12-11-8/h12H,2-6H2,1H3. The number of hydrogen-bond acceptors (Lipinski definition) is 4. The molecule has 0 saturated carbocycles. The average Bonchev–Trinajstić information content (AvgIpc) is 2.06. The fourth-order valence-corrected chi connectivity index (χ4v) is 1.70. The molecule has 0 spiro atoms. The zero-order chi connectivity index (χ0) is 8.81. The Morgan fingerprint density at radius 3 is 3.17 bits per heavy atom. The highest BCUT2D eigenvalue weighted by molar-refractivity contribution is 7.32. The lowest BCUT2D eigenvalue weighted by Gasteiger charge is -2.24. The van der Waals surface area contributed by atoms with Crippen LogP contribution < -0.4 is 0 Å². The summed E-state index contributed by atoms with van der Waals surface area (Å²) in [6.45, 7) is 3.35. The van der Waals surface area contributed by atoms with Crippen molar-refractivity contribution in [2.45, 2.75) is 13.3 Å². The maximum Gasteiger partial charge on any atom is 0.322 e. The minimum absolute atomic E-state index is 0.204. The number of ether oxygens (including phenoxy) is 1. The van der Waals surface area contributed by atoms with Crippen LogP contribution in [0.25, 0.3) is 0 Å². The minimum Gasteiger partial charge on any atom is -0.465 e. The predicted octanol–water partition coefficient (Wildman–Crippen LogP) is 0.780. The van der Waals surface area contributed by atoms with Gasteiger partial charge in [-0.25, -0.2) is 0 Å². The first-order valence-corrected chi connectivity index (χ1v) is 5.25. The molecule has 0 amide bonds. The van der Waals surface area contributed by atoms with Gasteiger partial charge in [-0.05, 0) is 19.5 Å². The Labute approximate surface area is 74.0 Å². The van der Waals surface area contributed by atoms with Crippen molar-refractivity contribution in [1.82, 2.24) is 5.06 Å². The number of hydrogen-bond donors (Lipinski definition) is 0. The van der Waals surface area contributed by atoms with Crippen molar-refractivity contribution in [2.24, 2.45) is 0 Å². The van der Waals surface area contributed by atoms with Crippen LogP contribution in [-0.2, 0) is 14.2 Å². The lowest BCUT2D eigenvalue weighted by atomic mass is 10.4. The number of esters is 1. The number of nitrogens with zero attached hydrogens (tertiary/aromatic N) is 1. The van der Waals surface area contributed by atoms with Crippen LogP contribution in [-0.4, -0.2) is 36.9 Å². The lowest BCUT2D eigenvalue weighted by molar-refractivity contribution is -0.153. The molecule has 5 heteroatoms. The van der Waals surface area contributed by atoms with Crippen molar-refractivity contribution < 1.29 is 14.2 Å². The Balaban J connectivity index is 2.15. The number of carbonyl (C=O) groups excluding carboxylic acids is 1. The van der Waals surface area contributed by atoms with Crippen LogP contribution in [0.3, 0.4) is 0 Å². The molecule has 1 atom stereocenters. The second kappa shape index (κ2) is 5.46. The number of hydroxylamine groups is 2. The van der Waals surface area contributed by atoms with E-state index in [-0.39, 0.29) is 12.5 Å². The summed E-state index contributed by atoms with van der Waals surface area (Å²) in [4.78, 5) is 11.0. The SMILES string of the molecule is CCOC(=O)CN1CCCPO1. The van der Waals surface area contributed by atoms with Crippen molar-refractivity contribution in [2.75, 3.05) is 25.9 Å². The van der Waals surface area contributed by atoms with Gasteiger partial charge in [0.25, 0.3) is 0 Å². The van der Waals surface area contributed by atoms with Crippen molar-refractivity contribution in [3.05, 3.63) is 0 Å². The number of carbonyl (C=O) groups is 1. The molecule has 0 aromatic carbocycles. The van der Waals surface area contributed by atoms with E-state index in [0.717, 1.165) is 19.1 Å². The molecule has 0 N–H and O–H groups in total. The minimum atomic E-state index is -0.204. The van der Waals surface area contributed by atoms with E-state index in [1.807, 2.05) is 0 Å². The first-order chi connectivity index (χ1) is 5.83. The van der Waals surface area contributed by atoms with Gasteiger partial charge in [0.15, 0.2) is 0 Å². The molecule has 1 heterocycles. The van der Waals surface area contributed by atoms with Crippen LogP contribution in [0, 0.1) is 0 Å². The molecule has 70 valence electrons. The summed E-state index contributed by atoms with van der Waals surface area (Å²) in [5.41, 5.74) is 0. The number of rotatable bonds is 3. The quantitative estimate of drug-likeness (QED) is 0.488. The summed E-state index contributed by atoms with van der Waals surface area (Å²) >= 11 is 0. The summed E-state index contributed by atoms with van der Waals surface area (Å²) in [6, 6.07) is 0. The van der Waals surface area contributed by atoms with Crippen LogP contribution in [0.4, 0.5) is 0 Å². The average molecular weight is 191 g/mol. The van der Waals surface area contributed by atoms with Gasteiger partial charge in [-0.3, -0.25) is 9.42 Å². The zero-order valence-electron chi connectivity index (χ0n) is 7.21. The van der Waals surface area contributed by atoms with Gasteiger partial charge in [0.1, 0.15) is 6.54 Å². The van der Waals surface area contributed by atoms with E-state index >= 15 is 0 Å². The van der Waals surface area contributed by atoms with Crippen molar-refractivity contribution in [1.29, 1.82) is 0 Å². The van der Waals surface area contributed by atoms with Gasteiger partial charge in [-0.2, -0.15) is 5.06 Å². The van der Waals surface area contributed by atoms with E-state index in [1.165, 1.54) is 0 Å². The molecule has 1 fully saturated rings. The van der Waals surface area contributed by atoms with Gasteiger partial charge in [0, 0.05) is 15.4 Å². The highest BCUT2D eigenvalue weighted by atomic mass is 31.1. The largest absolute Gasteiger partial charge is 0.465 e. The lowest BCUT2D eigenvalue weighted by Crippen LogP contribution is -2.32. The Bertz CT molecular complexity index is 148. The van der Waals surface area contributed by atoms with Crippen molar-refractivity contribution >= 4 is 14.8 Å². The Morgan fingerprint density at radius 2 is 2.58 bits per heavy atom. The van der Waals surface area contributed by atoms with Gasteiger partial charge < -0.3 is 4.74 Å². The molecule has 4 nitrogen and oxygen atoms in total. The maximum atomic E-state index is 11.0. The smallest absolute Gasteiger partial charge is 0.322 e. The summed E-state index contributed by atoms with van der Waals surface area (Å²) in [7, 11) is 0.502. The molecule has 12 heavy (non-hydrogen) atoms. The Kier molecular flexibility index (Phi) is 4.51. The van der Waals surface area contributed by atoms with Crippen LogP contribution in [0.5, 0.6) is 0 Å². The van der Waals surface area contributed by atoms with Crippen molar-refractivity contribution in [3.8, 4) is 0 Å². The third-order valence-corrected chi connectivity index (χ3v) is 2.44. The van der Waals surface area contributed by atoms with Gasteiger partial charge in [0.05, 0.1) is 6.61 Å². The van der Waals surface area contributed by atoms with E-state index < -0.39 is 0 Å². The third kappa shape index (κ3) is 3.48. The van der Waals surface area contributed by atoms with Crippen LogP contribution >= 0.6 is 8.81 Å². The fraction of sp³-hybridized carbons (Fsp3) is 0.857. The maximum absolute atomic E-state index is 11.0. The fourth-order valence-electron chi connectivity index (χ4n) is 0.972. The molecular formula is C7H14NO3P. The highest BCUT2D eigenvalue weighted by Gasteiger charge is 2.14. The molecule has 1 aliphatic rings. The summed E-state index contributed by atoms with van der Waals surface area (Å²) < 4.78 is 10.0. The van der Waals surface area contributed by atoms with Crippen LogP contribution in [0.1, 0.15) is 13.3 Å². The Morgan fingerprint density at radius 1 is 1.75 bits per heavy atom. The molecule has 1 saturated heterocycles. The normalized spacial score (nSPS) is 21.1. The van der Waals surface area contributed by atoms with E-state index in [4.69, 9.17) is 9.36 Å². The summed E-state index contributed by atoms with van der Waals surface area (Å²) in [5.74, 6) is -0.204. The van der Waals surface area contributed by atoms with Crippen LogP contribution in [0.15, 0.2) is 0 Å². The first kappa shape index (κ1) is 9.90. The molecule has 1 aliphatic heterocycles. The molecule has 0 radical (unpaired) electrons. The highest BCUT2D eigenvalue weighted by Crippen LogP contribution is 2.21. The predicted molar refractivity (Wildman–Crippen MR) is 47.1 cm³/mol. The molecule has 1 rings (SSSR count). The molecule has 0 bridgehead atoms. The topological polar surface area (TPSA) is 38.8 Å². The van der Waals surface area contributed by atoms with E-state index in [1.54, 1.807) is 12.0 Å². The zero-order valence-corrected chi connectivity index (χ0v) is 8.21. The second-order valence-electron chi connectivity index (χ2n) is 2.51. The Hall–Kier alpha value is -0.180. The molecule has 0 aromatic rings. The van der Waals surface area contributed by atoms with Gasteiger partial charge in [-0.1, -0.05) is 0 Å². The van der Waals surface area contributed by atoms with Gasteiger partial charge in [0.2, 0.25) is 0 Å². The third-order valence-electron chi connectivity index (χ3n) is 1.49.